The maximum absolute atomic E-state index is 5.58. The zero-order valence-corrected chi connectivity index (χ0v) is 12.7. The van der Waals surface area contributed by atoms with E-state index in [4.69, 9.17) is 9.47 Å². The van der Waals surface area contributed by atoms with Crippen LogP contribution in [0.4, 0.5) is 0 Å². The fourth-order valence-electron chi connectivity index (χ4n) is 2.72. The molecule has 0 unspecified atom stereocenters. The molecule has 0 spiro atoms. The van der Waals surface area contributed by atoms with Gasteiger partial charge in [-0.25, -0.2) is 0 Å². The lowest BCUT2D eigenvalue weighted by Crippen LogP contribution is -2.37. The monoisotopic (exact) mass is 257 g/mol. The van der Waals surface area contributed by atoms with E-state index in [2.05, 4.69) is 18.7 Å². The lowest BCUT2D eigenvalue weighted by Gasteiger charge is -2.34. The minimum absolute atomic E-state index is 0.0113. The second-order valence-corrected chi connectivity index (χ2v) is 5.55. The third-order valence-corrected chi connectivity index (χ3v) is 3.96. The van der Waals surface area contributed by atoms with E-state index in [0.717, 1.165) is 38.0 Å². The van der Waals surface area contributed by atoms with Crippen LogP contribution in [0.25, 0.3) is 0 Å². The Kier molecular flexibility index (Phi) is 7.87. The quantitative estimate of drug-likeness (QED) is 0.624. The fourth-order valence-corrected chi connectivity index (χ4v) is 2.72. The number of hydrogen-bond donors (Lipinski definition) is 0. The smallest absolute Gasteiger partial charge is 0.158 e. The molecule has 1 rings (SSSR count). The molecule has 3 nitrogen and oxygen atoms in total. The molecule has 1 aliphatic heterocycles. The number of ether oxygens (including phenoxy) is 2. The molecule has 1 aliphatic rings. The summed E-state index contributed by atoms with van der Waals surface area (Å²) in [7, 11) is 0. The second-order valence-electron chi connectivity index (χ2n) is 5.55. The van der Waals surface area contributed by atoms with Gasteiger partial charge in [0.05, 0.1) is 0 Å². The first kappa shape index (κ1) is 15.9. The maximum Gasteiger partial charge on any atom is 0.158 e. The predicted octanol–water partition coefficient (Wildman–Crippen LogP) is 3.14. The van der Waals surface area contributed by atoms with Gasteiger partial charge < -0.3 is 14.4 Å². The minimum atomic E-state index is -0.0113. The Bertz CT molecular complexity index is 195. The van der Waals surface area contributed by atoms with Crippen molar-refractivity contribution in [1.82, 2.24) is 4.90 Å². The van der Waals surface area contributed by atoms with Crippen molar-refractivity contribution in [3.8, 4) is 0 Å². The van der Waals surface area contributed by atoms with E-state index < -0.39 is 0 Å². The Hall–Kier alpha value is -0.120. The first-order valence-corrected chi connectivity index (χ1v) is 7.62. The number of likely N-dealkylation sites (tertiary alicyclic amines) is 1. The Labute approximate surface area is 113 Å². The number of nitrogens with zero attached hydrogens (tertiary/aromatic N) is 1. The molecule has 1 saturated heterocycles. The van der Waals surface area contributed by atoms with Crippen LogP contribution in [0.2, 0.25) is 0 Å². The van der Waals surface area contributed by atoms with E-state index in [1.165, 1.54) is 25.9 Å². The molecule has 0 aromatic heterocycles. The molecule has 18 heavy (non-hydrogen) atoms. The van der Waals surface area contributed by atoms with Crippen LogP contribution in [0.5, 0.6) is 0 Å². The van der Waals surface area contributed by atoms with Crippen molar-refractivity contribution < 1.29 is 9.47 Å². The third-order valence-electron chi connectivity index (χ3n) is 3.96. The molecule has 0 saturated carbocycles. The van der Waals surface area contributed by atoms with Crippen molar-refractivity contribution in [3.05, 3.63) is 0 Å². The summed E-state index contributed by atoms with van der Waals surface area (Å²) in [5.41, 5.74) is 0. The van der Waals surface area contributed by atoms with Gasteiger partial charge in [0.1, 0.15) is 0 Å². The first-order valence-electron chi connectivity index (χ1n) is 7.62. The zero-order chi connectivity index (χ0) is 13.4. The maximum atomic E-state index is 5.58. The van der Waals surface area contributed by atoms with Gasteiger partial charge in [0, 0.05) is 26.2 Å². The average molecular weight is 257 g/mol. The van der Waals surface area contributed by atoms with Gasteiger partial charge in [-0.2, -0.15) is 0 Å². The van der Waals surface area contributed by atoms with E-state index in [9.17, 15) is 0 Å². The molecule has 0 aliphatic carbocycles. The fraction of sp³-hybridized carbons (Fsp3) is 1.00. The second kappa shape index (κ2) is 8.89. The summed E-state index contributed by atoms with van der Waals surface area (Å²) in [6, 6.07) is 0. The van der Waals surface area contributed by atoms with Crippen LogP contribution in [0, 0.1) is 11.8 Å². The Balaban J connectivity index is 2.19. The number of piperidine rings is 1. The Morgan fingerprint density at radius 2 is 1.61 bits per heavy atom. The summed E-state index contributed by atoms with van der Waals surface area (Å²) in [6.07, 6.45) is 3.69. The minimum Gasteiger partial charge on any atom is -0.353 e. The van der Waals surface area contributed by atoms with Gasteiger partial charge in [-0.15, -0.1) is 0 Å². The summed E-state index contributed by atoms with van der Waals surface area (Å²) in [6.45, 7) is 13.8. The lowest BCUT2D eigenvalue weighted by atomic mass is 9.87. The number of rotatable bonds is 8. The van der Waals surface area contributed by atoms with Crippen molar-refractivity contribution in [2.45, 2.75) is 53.2 Å². The van der Waals surface area contributed by atoms with E-state index in [1.807, 2.05) is 13.8 Å². The van der Waals surface area contributed by atoms with Crippen molar-refractivity contribution >= 4 is 0 Å². The molecule has 0 bridgehead atoms. The van der Waals surface area contributed by atoms with Crippen molar-refractivity contribution in [1.29, 1.82) is 0 Å². The highest BCUT2D eigenvalue weighted by Gasteiger charge is 2.22. The normalized spacial score (nSPS) is 19.0. The Morgan fingerprint density at radius 1 is 1.06 bits per heavy atom. The summed E-state index contributed by atoms with van der Waals surface area (Å²) in [5, 5.41) is 0. The van der Waals surface area contributed by atoms with Gasteiger partial charge in [0.25, 0.3) is 0 Å². The van der Waals surface area contributed by atoms with Crippen LogP contribution < -0.4 is 0 Å². The van der Waals surface area contributed by atoms with Crippen molar-refractivity contribution in [2.24, 2.45) is 11.8 Å². The van der Waals surface area contributed by atoms with E-state index in [1.54, 1.807) is 0 Å². The topological polar surface area (TPSA) is 21.7 Å². The first-order chi connectivity index (χ1) is 8.67. The van der Waals surface area contributed by atoms with E-state index in [0.29, 0.717) is 0 Å². The summed E-state index contributed by atoms with van der Waals surface area (Å²) >= 11 is 0. The molecular formula is C15H31NO2. The van der Waals surface area contributed by atoms with Crippen LogP contribution >= 0.6 is 0 Å². The SMILES string of the molecule is CCOC(CCN1CCC(C(C)C)CC1)OCC. The van der Waals surface area contributed by atoms with Crippen LogP contribution in [0.15, 0.2) is 0 Å². The van der Waals surface area contributed by atoms with Gasteiger partial charge in [0.2, 0.25) is 0 Å². The van der Waals surface area contributed by atoms with Crippen LogP contribution in [0.1, 0.15) is 47.0 Å². The number of hydrogen-bond acceptors (Lipinski definition) is 3. The van der Waals surface area contributed by atoms with E-state index in [-0.39, 0.29) is 6.29 Å². The summed E-state index contributed by atoms with van der Waals surface area (Å²) < 4.78 is 11.2. The van der Waals surface area contributed by atoms with Gasteiger partial charge in [0.15, 0.2) is 6.29 Å². The van der Waals surface area contributed by atoms with E-state index >= 15 is 0 Å². The zero-order valence-electron chi connectivity index (χ0n) is 12.7. The van der Waals surface area contributed by atoms with Crippen LogP contribution in [-0.4, -0.2) is 44.0 Å². The molecule has 3 heteroatoms. The highest BCUT2D eigenvalue weighted by molar-refractivity contribution is 4.74. The standard InChI is InChI=1S/C15H31NO2/c1-5-17-15(18-6-2)9-12-16-10-7-14(8-11-16)13(3)4/h13-15H,5-12H2,1-4H3. The predicted molar refractivity (Wildman–Crippen MR) is 75.7 cm³/mol. The molecule has 0 amide bonds. The molecule has 0 aromatic rings. The molecule has 1 heterocycles. The molecule has 0 atom stereocenters. The summed E-state index contributed by atoms with van der Waals surface area (Å²) in [4.78, 5) is 2.56. The van der Waals surface area contributed by atoms with Gasteiger partial charge in [-0.1, -0.05) is 13.8 Å². The third kappa shape index (κ3) is 5.68. The highest BCUT2D eigenvalue weighted by atomic mass is 16.7. The molecule has 108 valence electrons. The molecule has 1 fully saturated rings. The van der Waals surface area contributed by atoms with Crippen molar-refractivity contribution in [3.63, 3.8) is 0 Å². The van der Waals surface area contributed by atoms with Gasteiger partial charge in [-0.3, -0.25) is 0 Å². The average Bonchev–Trinajstić information content (AvgIpc) is 2.37. The molecular weight excluding hydrogens is 226 g/mol. The molecule has 0 N–H and O–H groups in total. The lowest BCUT2D eigenvalue weighted by molar-refractivity contribution is -0.142. The molecule has 0 aromatic carbocycles. The van der Waals surface area contributed by atoms with Crippen LogP contribution in [-0.2, 0) is 9.47 Å². The highest BCUT2D eigenvalue weighted by Crippen LogP contribution is 2.24. The molecule has 0 radical (unpaired) electrons. The Morgan fingerprint density at radius 3 is 2.06 bits per heavy atom. The largest absolute Gasteiger partial charge is 0.353 e. The summed E-state index contributed by atoms with van der Waals surface area (Å²) in [5.74, 6) is 1.77. The van der Waals surface area contributed by atoms with Crippen LogP contribution in [0.3, 0.4) is 0 Å². The van der Waals surface area contributed by atoms with Gasteiger partial charge >= 0.3 is 0 Å². The van der Waals surface area contributed by atoms with Gasteiger partial charge in [-0.05, 0) is 51.6 Å². The van der Waals surface area contributed by atoms with Crippen molar-refractivity contribution in [2.75, 3.05) is 32.8 Å².